The maximum Gasteiger partial charge on any atom is 0.146 e. The zero-order chi connectivity index (χ0) is 11.9. The lowest BCUT2D eigenvalue weighted by molar-refractivity contribution is 0.393. The van der Waals surface area contributed by atoms with Gasteiger partial charge in [0.25, 0.3) is 0 Å². The Hall–Kier alpha value is -1.56. The minimum Gasteiger partial charge on any atom is -0.355 e. The lowest BCUT2D eigenvalue weighted by Crippen LogP contribution is -2.37. The van der Waals surface area contributed by atoms with Crippen LogP contribution in [0.2, 0.25) is 0 Å². The second kappa shape index (κ2) is 3.73. The van der Waals surface area contributed by atoms with Crippen LogP contribution in [-0.2, 0) is 0 Å². The SMILES string of the molecule is Cc1ccc(C#N)c(N2CCCC3(CC3)C2)n1. The molecule has 3 rings (SSSR count). The molecule has 0 N–H and O–H groups in total. The van der Waals surface area contributed by atoms with Crippen LogP contribution in [0.4, 0.5) is 5.82 Å². The smallest absolute Gasteiger partial charge is 0.146 e. The van der Waals surface area contributed by atoms with Crippen LogP contribution in [0.3, 0.4) is 0 Å². The Morgan fingerprint density at radius 1 is 1.35 bits per heavy atom. The van der Waals surface area contributed by atoms with E-state index in [2.05, 4.69) is 16.0 Å². The van der Waals surface area contributed by atoms with Crippen molar-refractivity contribution in [1.29, 1.82) is 5.26 Å². The van der Waals surface area contributed by atoms with Gasteiger partial charge in [-0.05, 0) is 50.2 Å². The predicted octanol–water partition coefficient (Wildman–Crippen LogP) is 2.64. The summed E-state index contributed by atoms with van der Waals surface area (Å²) >= 11 is 0. The normalized spacial score (nSPS) is 21.3. The van der Waals surface area contributed by atoms with Gasteiger partial charge in [-0.25, -0.2) is 4.98 Å². The van der Waals surface area contributed by atoms with E-state index in [1.54, 1.807) is 0 Å². The molecule has 0 aromatic carbocycles. The molecule has 2 aliphatic rings. The van der Waals surface area contributed by atoms with Crippen LogP contribution in [0.15, 0.2) is 12.1 Å². The molecule has 2 fully saturated rings. The Bertz CT molecular complexity index is 483. The molecule has 1 saturated carbocycles. The third-order valence-corrected chi connectivity index (χ3v) is 4.05. The van der Waals surface area contributed by atoms with E-state index in [4.69, 9.17) is 5.26 Å². The Balaban J connectivity index is 1.92. The van der Waals surface area contributed by atoms with Crippen LogP contribution in [0.1, 0.15) is 36.9 Å². The van der Waals surface area contributed by atoms with Crippen LogP contribution in [0.25, 0.3) is 0 Å². The number of nitriles is 1. The fourth-order valence-electron chi connectivity index (χ4n) is 2.84. The quantitative estimate of drug-likeness (QED) is 0.740. The Labute approximate surface area is 102 Å². The van der Waals surface area contributed by atoms with Gasteiger partial charge in [-0.2, -0.15) is 5.26 Å². The molecule has 0 atom stereocenters. The Morgan fingerprint density at radius 2 is 2.18 bits per heavy atom. The molecule has 1 spiro atoms. The molecule has 0 radical (unpaired) electrons. The molecular formula is C14H17N3. The second-order valence-corrected chi connectivity index (χ2v) is 5.46. The maximum atomic E-state index is 9.17. The van der Waals surface area contributed by atoms with Crippen LogP contribution >= 0.6 is 0 Å². The minimum absolute atomic E-state index is 0.566. The molecule has 2 heterocycles. The number of aromatic nitrogens is 1. The highest BCUT2D eigenvalue weighted by atomic mass is 15.2. The highest BCUT2D eigenvalue weighted by Crippen LogP contribution is 2.52. The fourth-order valence-corrected chi connectivity index (χ4v) is 2.84. The fraction of sp³-hybridized carbons (Fsp3) is 0.571. The zero-order valence-corrected chi connectivity index (χ0v) is 10.2. The Morgan fingerprint density at radius 3 is 2.88 bits per heavy atom. The van der Waals surface area contributed by atoms with Gasteiger partial charge in [-0.1, -0.05) is 0 Å². The van der Waals surface area contributed by atoms with Gasteiger partial charge < -0.3 is 4.90 Å². The van der Waals surface area contributed by atoms with Crippen molar-refractivity contribution in [3.8, 4) is 6.07 Å². The number of aryl methyl sites for hydroxylation is 1. The summed E-state index contributed by atoms with van der Waals surface area (Å²) in [5, 5.41) is 9.17. The maximum absolute atomic E-state index is 9.17. The van der Waals surface area contributed by atoms with Gasteiger partial charge in [-0.3, -0.25) is 0 Å². The van der Waals surface area contributed by atoms with E-state index < -0.39 is 0 Å². The lowest BCUT2D eigenvalue weighted by atomic mass is 9.95. The molecule has 0 bridgehead atoms. The summed E-state index contributed by atoms with van der Waals surface area (Å²) in [7, 11) is 0. The van der Waals surface area contributed by atoms with E-state index in [0.29, 0.717) is 11.0 Å². The van der Waals surface area contributed by atoms with Gasteiger partial charge in [0.1, 0.15) is 11.9 Å². The molecule has 0 amide bonds. The Kier molecular flexibility index (Phi) is 2.32. The van der Waals surface area contributed by atoms with Crippen LogP contribution in [0.5, 0.6) is 0 Å². The molecular weight excluding hydrogens is 210 g/mol. The second-order valence-electron chi connectivity index (χ2n) is 5.46. The first-order chi connectivity index (χ1) is 8.22. The van der Waals surface area contributed by atoms with E-state index >= 15 is 0 Å². The largest absolute Gasteiger partial charge is 0.355 e. The summed E-state index contributed by atoms with van der Waals surface area (Å²) < 4.78 is 0. The number of rotatable bonds is 1. The molecule has 1 aromatic rings. The van der Waals surface area contributed by atoms with Gasteiger partial charge in [0, 0.05) is 18.8 Å². The minimum atomic E-state index is 0.566. The van der Waals surface area contributed by atoms with Crippen molar-refractivity contribution in [2.45, 2.75) is 32.6 Å². The molecule has 1 saturated heterocycles. The van der Waals surface area contributed by atoms with Crippen molar-refractivity contribution in [1.82, 2.24) is 4.98 Å². The third-order valence-electron chi connectivity index (χ3n) is 4.05. The van der Waals surface area contributed by atoms with Crippen molar-refractivity contribution >= 4 is 5.82 Å². The summed E-state index contributed by atoms with van der Waals surface area (Å²) in [6.45, 7) is 4.13. The van der Waals surface area contributed by atoms with Crippen LogP contribution < -0.4 is 4.90 Å². The first-order valence-corrected chi connectivity index (χ1v) is 6.35. The first kappa shape index (κ1) is 10.6. The molecule has 88 valence electrons. The van der Waals surface area contributed by atoms with Crippen molar-refractivity contribution in [2.24, 2.45) is 5.41 Å². The number of pyridine rings is 1. The highest BCUT2D eigenvalue weighted by molar-refractivity contribution is 5.55. The van der Waals surface area contributed by atoms with Gasteiger partial charge >= 0.3 is 0 Å². The lowest BCUT2D eigenvalue weighted by Gasteiger charge is -2.34. The molecule has 1 aliphatic carbocycles. The van der Waals surface area contributed by atoms with E-state index in [1.807, 2.05) is 19.1 Å². The molecule has 3 heteroatoms. The highest BCUT2D eigenvalue weighted by Gasteiger charge is 2.45. The average Bonchev–Trinajstić information content (AvgIpc) is 3.08. The van der Waals surface area contributed by atoms with Crippen molar-refractivity contribution in [3.05, 3.63) is 23.4 Å². The molecule has 17 heavy (non-hydrogen) atoms. The predicted molar refractivity (Wildman–Crippen MR) is 66.8 cm³/mol. The summed E-state index contributed by atoms with van der Waals surface area (Å²) in [6.07, 6.45) is 5.31. The van der Waals surface area contributed by atoms with E-state index in [9.17, 15) is 0 Å². The molecule has 1 aliphatic heterocycles. The summed E-state index contributed by atoms with van der Waals surface area (Å²) in [4.78, 5) is 6.89. The van der Waals surface area contributed by atoms with Gasteiger partial charge in [0.05, 0.1) is 5.56 Å². The van der Waals surface area contributed by atoms with Crippen molar-refractivity contribution < 1.29 is 0 Å². The summed E-state index contributed by atoms with van der Waals surface area (Å²) in [5.74, 6) is 0.901. The number of piperidine rings is 1. The van der Waals surface area contributed by atoms with Crippen LogP contribution in [-0.4, -0.2) is 18.1 Å². The average molecular weight is 227 g/mol. The van der Waals surface area contributed by atoms with Gasteiger partial charge in [0.15, 0.2) is 0 Å². The van der Waals surface area contributed by atoms with Crippen molar-refractivity contribution in [3.63, 3.8) is 0 Å². The molecule has 3 nitrogen and oxygen atoms in total. The monoisotopic (exact) mass is 227 g/mol. The standard InChI is InChI=1S/C14H17N3/c1-11-3-4-12(9-15)13(16-11)17-8-2-5-14(10-17)6-7-14/h3-4H,2,5-8,10H2,1H3. The third kappa shape index (κ3) is 1.88. The van der Waals surface area contributed by atoms with E-state index in [0.717, 1.165) is 24.6 Å². The number of nitrogens with zero attached hydrogens (tertiary/aromatic N) is 3. The zero-order valence-electron chi connectivity index (χ0n) is 10.2. The van der Waals surface area contributed by atoms with Crippen LogP contribution in [0, 0.1) is 23.7 Å². The number of hydrogen-bond acceptors (Lipinski definition) is 3. The summed E-state index contributed by atoms with van der Waals surface area (Å²) in [6, 6.07) is 6.07. The van der Waals surface area contributed by atoms with Gasteiger partial charge in [0.2, 0.25) is 0 Å². The van der Waals surface area contributed by atoms with Crippen molar-refractivity contribution in [2.75, 3.05) is 18.0 Å². The number of anilines is 1. The van der Waals surface area contributed by atoms with E-state index in [-0.39, 0.29) is 0 Å². The number of hydrogen-bond donors (Lipinski definition) is 0. The summed E-state index contributed by atoms with van der Waals surface area (Å²) in [5.41, 5.74) is 2.28. The van der Waals surface area contributed by atoms with Gasteiger partial charge in [-0.15, -0.1) is 0 Å². The first-order valence-electron chi connectivity index (χ1n) is 6.35. The van der Waals surface area contributed by atoms with E-state index in [1.165, 1.54) is 25.7 Å². The molecule has 0 unspecified atom stereocenters. The molecule has 1 aromatic heterocycles. The topological polar surface area (TPSA) is 39.9 Å².